The lowest BCUT2D eigenvalue weighted by molar-refractivity contribution is 0.108. The Bertz CT molecular complexity index is 582. The second-order valence-electron chi connectivity index (χ2n) is 5.09. The molecule has 0 radical (unpaired) electrons. The number of nitrogens with two attached hydrogens (primary N) is 1. The van der Waals surface area contributed by atoms with E-state index in [1.54, 1.807) is 0 Å². The zero-order valence-corrected chi connectivity index (χ0v) is 11.2. The van der Waals surface area contributed by atoms with Crippen LogP contribution in [0.1, 0.15) is 28.8 Å². The number of hydrogen-bond donors (Lipinski definition) is 2. The van der Waals surface area contributed by atoms with Crippen LogP contribution in [0.25, 0.3) is 0 Å². The van der Waals surface area contributed by atoms with E-state index in [0.29, 0.717) is 5.02 Å². The molecule has 19 heavy (non-hydrogen) atoms. The van der Waals surface area contributed by atoms with Crippen LogP contribution in [-0.2, 0) is 6.42 Å². The lowest BCUT2D eigenvalue weighted by Gasteiger charge is -2.23. The molecular weight excluding hydrogens is 258 g/mol. The first-order valence-corrected chi connectivity index (χ1v) is 6.81. The highest BCUT2D eigenvalue weighted by Crippen LogP contribution is 2.41. The van der Waals surface area contributed by atoms with Crippen molar-refractivity contribution >= 4 is 11.6 Å². The average Bonchev–Trinajstić information content (AvgIpc) is 2.77. The van der Waals surface area contributed by atoms with E-state index < -0.39 is 6.10 Å². The third-order valence-corrected chi connectivity index (χ3v) is 4.20. The molecule has 2 aromatic carbocycles. The molecule has 0 amide bonds. The van der Waals surface area contributed by atoms with Gasteiger partial charge in [-0.2, -0.15) is 0 Å². The fourth-order valence-corrected chi connectivity index (χ4v) is 2.99. The molecule has 1 aliphatic rings. The van der Waals surface area contributed by atoms with Crippen LogP contribution in [0.4, 0.5) is 0 Å². The summed E-state index contributed by atoms with van der Waals surface area (Å²) in [5.74, 6) is 0.0265. The molecule has 0 saturated heterocycles. The average molecular weight is 274 g/mol. The number of fused-ring (bicyclic) bond motifs is 1. The van der Waals surface area contributed by atoms with E-state index >= 15 is 0 Å². The fraction of sp³-hybridized carbons (Fsp3) is 0.250. The Morgan fingerprint density at radius 3 is 2.47 bits per heavy atom. The van der Waals surface area contributed by atoms with Crippen molar-refractivity contribution in [2.45, 2.75) is 18.6 Å². The summed E-state index contributed by atoms with van der Waals surface area (Å²) in [6.07, 6.45) is 0.336. The molecule has 0 spiro atoms. The first-order chi connectivity index (χ1) is 9.16. The third kappa shape index (κ3) is 2.27. The number of aliphatic hydroxyl groups is 1. The summed E-state index contributed by atoms with van der Waals surface area (Å²) in [7, 11) is 0. The summed E-state index contributed by atoms with van der Waals surface area (Å²) in [6, 6.07) is 15.4. The lowest BCUT2D eigenvalue weighted by Crippen LogP contribution is -2.24. The van der Waals surface area contributed by atoms with Crippen LogP contribution in [0.2, 0.25) is 5.02 Å². The Morgan fingerprint density at radius 2 is 1.79 bits per heavy atom. The maximum absolute atomic E-state index is 10.4. The van der Waals surface area contributed by atoms with Gasteiger partial charge in [-0.25, -0.2) is 0 Å². The van der Waals surface area contributed by atoms with E-state index in [9.17, 15) is 5.11 Å². The van der Waals surface area contributed by atoms with Crippen molar-refractivity contribution in [3.8, 4) is 0 Å². The monoisotopic (exact) mass is 273 g/mol. The van der Waals surface area contributed by atoms with Crippen molar-refractivity contribution < 1.29 is 5.11 Å². The van der Waals surface area contributed by atoms with Gasteiger partial charge in [-0.1, -0.05) is 48.0 Å². The van der Waals surface area contributed by atoms with Gasteiger partial charge in [-0.15, -0.1) is 0 Å². The summed E-state index contributed by atoms with van der Waals surface area (Å²) in [4.78, 5) is 0. The highest BCUT2D eigenvalue weighted by molar-refractivity contribution is 6.30. The molecule has 1 aliphatic carbocycles. The SMILES string of the molecule is N[C@H](c1ccc(Cl)cc1)[C@@H]1Cc2ccccc2[C@@H]1O. The summed E-state index contributed by atoms with van der Waals surface area (Å²) < 4.78 is 0. The van der Waals surface area contributed by atoms with Crippen molar-refractivity contribution in [3.05, 3.63) is 70.2 Å². The van der Waals surface area contributed by atoms with Gasteiger partial charge in [0.1, 0.15) is 0 Å². The van der Waals surface area contributed by atoms with E-state index in [4.69, 9.17) is 17.3 Å². The molecule has 0 unspecified atom stereocenters. The van der Waals surface area contributed by atoms with Gasteiger partial charge in [0, 0.05) is 17.0 Å². The molecule has 2 nitrogen and oxygen atoms in total. The van der Waals surface area contributed by atoms with Crippen LogP contribution >= 0.6 is 11.6 Å². The molecule has 3 rings (SSSR count). The zero-order valence-electron chi connectivity index (χ0n) is 10.5. The molecule has 2 aromatic rings. The molecule has 3 N–H and O–H groups in total. The largest absolute Gasteiger partial charge is 0.388 e. The number of halogens is 1. The standard InChI is InChI=1S/C16H16ClNO/c17-12-7-5-10(6-8-12)15(18)14-9-11-3-1-2-4-13(11)16(14)19/h1-8,14-16,19H,9,18H2/t14-,15+,16-/m0/s1. The lowest BCUT2D eigenvalue weighted by atomic mass is 9.90. The third-order valence-electron chi connectivity index (χ3n) is 3.95. The Balaban J connectivity index is 1.87. The summed E-state index contributed by atoms with van der Waals surface area (Å²) >= 11 is 5.89. The second kappa shape index (κ2) is 4.97. The maximum Gasteiger partial charge on any atom is 0.0842 e. The number of benzene rings is 2. The summed E-state index contributed by atoms with van der Waals surface area (Å²) in [5.41, 5.74) is 9.54. The number of rotatable bonds is 2. The Kier molecular flexibility index (Phi) is 3.31. The Morgan fingerprint density at radius 1 is 1.11 bits per heavy atom. The fourth-order valence-electron chi connectivity index (χ4n) is 2.86. The van der Waals surface area contributed by atoms with Gasteiger partial charge in [0.15, 0.2) is 0 Å². The minimum absolute atomic E-state index is 0.0265. The quantitative estimate of drug-likeness (QED) is 0.882. The first-order valence-electron chi connectivity index (χ1n) is 6.44. The van der Waals surface area contributed by atoms with Crippen molar-refractivity contribution in [1.82, 2.24) is 0 Å². The number of hydrogen-bond acceptors (Lipinski definition) is 2. The van der Waals surface area contributed by atoms with Gasteiger partial charge in [0.2, 0.25) is 0 Å². The zero-order chi connectivity index (χ0) is 13.4. The normalized spacial score (nSPS) is 23.1. The molecule has 0 bridgehead atoms. The predicted molar refractivity (Wildman–Crippen MR) is 77.0 cm³/mol. The van der Waals surface area contributed by atoms with Crippen LogP contribution in [-0.4, -0.2) is 5.11 Å². The van der Waals surface area contributed by atoms with Crippen LogP contribution in [0.3, 0.4) is 0 Å². The molecule has 0 aliphatic heterocycles. The smallest absolute Gasteiger partial charge is 0.0842 e. The minimum Gasteiger partial charge on any atom is -0.388 e. The minimum atomic E-state index is -0.484. The van der Waals surface area contributed by atoms with Gasteiger partial charge in [-0.3, -0.25) is 0 Å². The molecule has 3 heteroatoms. The molecule has 0 heterocycles. The van der Waals surface area contributed by atoms with E-state index in [-0.39, 0.29) is 12.0 Å². The van der Waals surface area contributed by atoms with Gasteiger partial charge >= 0.3 is 0 Å². The van der Waals surface area contributed by atoms with Gasteiger partial charge in [0.25, 0.3) is 0 Å². The topological polar surface area (TPSA) is 46.2 Å². The first kappa shape index (κ1) is 12.7. The van der Waals surface area contributed by atoms with E-state index in [2.05, 4.69) is 6.07 Å². The van der Waals surface area contributed by atoms with Crippen LogP contribution in [0.5, 0.6) is 0 Å². The summed E-state index contributed by atoms with van der Waals surface area (Å²) in [6.45, 7) is 0. The predicted octanol–water partition coefficient (Wildman–Crippen LogP) is 3.25. The van der Waals surface area contributed by atoms with E-state index in [1.165, 1.54) is 5.56 Å². The highest BCUT2D eigenvalue weighted by atomic mass is 35.5. The van der Waals surface area contributed by atoms with Crippen molar-refractivity contribution in [3.63, 3.8) is 0 Å². The molecule has 0 aromatic heterocycles. The van der Waals surface area contributed by atoms with Crippen LogP contribution in [0.15, 0.2) is 48.5 Å². The maximum atomic E-state index is 10.4. The number of aliphatic hydroxyl groups excluding tert-OH is 1. The van der Waals surface area contributed by atoms with E-state index in [1.807, 2.05) is 42.5 Å². The van der Waals surface area contributed by atoms with Crippen molar-refractivity contribution in [2.75, 3.05) is 0 Å². The van der Waals surface area contributed by atoms with Crippen molar-refractivity contribution in [2.24, 2.45) is 11.7 Å². The van der Waals surface area contributed by atoms with Crippen LogP contribution in [0, 0.1) is 5.92 Å². The molecule has 3 atom stereocenters. The molecule has 0 saturated carbocycles. The second-order valence-corrected chi connectivity index (χ2v) is 5.53. The van der Waals surface area contributed by atoms with E-state index in [0.717, 1.165) is 17.5 Å². The van der Waals surface area contributed by atoms with Gasteiger partial charge in [0.05, 0.1) is 6.10 Å². The van der Waals surface area contributed by atoms with Crippen LogP contribution < -0.4 is 5.73 Å². The highest BCUT2D eigenvalue weighted by Gasteiger charge is 2.35. The Hall–Kier alpha value is -1.35. The Labute approximate surface area is 117 Å². The molecular formula is C16H16ClNO. The van der Waals surface area contributed by atoms with Gasteiger partial charge < -0.3 is 10.8 Å². The molecule has 0 fully saturated rings. The van der Waals surface area contributed by atoms with Gasteiger partial charge in [-0.05, 0) is 35.2 Å². The molecule has 98 valence electrons. The van der Waals surface area contributed by atoms with Crippen molar-refractivity contribution in [1.29, 1.82) is 0 Å². The summed E-state index contributed by atoms with van der Waals surface area (Å²) in [5, 5.41) is 11.1.